The fourth-order valence-electron chi connectivity index (χ4n) is 3.35. The van der Waals surface area contributed by atoms with Gasteiger partial charge >= 0.3 is 0 Å². The predicted molar refractivity (Wildman–Crippen MR) is 97.8 cm³/mol. The molecule has 25 heavy (non-hydrogen) atoms. The second kappa shape index (κ2) is 7.08. The molecular weight excluding hydrogens is 406 g/mol. The zero-order valence-electron chi connectivity index (χ0n) is 13.8. The number of amides is 1. The smallest absolute Gasteiger partial charge is 0.255 e. The van der Waals surface area contributed by atoms with E-state index in [2.05, 4.69) is 26.1 Å². The van der Waals surface area contributed by atoms with Crippen LogP contribution in [0.5, 0.6) is 0 Å². The number of carbonyl (C=O) groups is 1. The molecule has 1 unspecified atom stereocenters. The molecule has 1 aromatic heterocycles. The minimum absolute atomic E-state index is 0.0137. The summed E-state index contributed by atoms with van der Waals surface area (Å²) in [6.07, 6.45) is 5.11. The van der Waals surface area contributed by atoms with Crippen LogP contribution in [0.25, 0.3) is 0 Å². The van der Waals surface area contributed by atoms with Crippen molar-refractivity contribution in [3.8, 4) is 0 Å². The number of halogens is 2. The molecule has 1 aromatic carbocycles. The maximum absolute atomic E-state index is 12.8. The van der Waals surface area contributed by atoms with Crippen LogP contribution in [0.4, 0.5) is 0 Å². The van der Waals surface area contributed by atoms with Gasteiger partial charge in [0, 0.05) is 29.9 Å². The highest BCUT2D eigenvalue weighted by molar-refractivity contribution is 9.10. The van der Waals surface area contributed by atoms with Crippen molar-refractivity contribution in [2.75, 3.05) is 13.1 Å². The van der Waals surface area contributed by atoms with Gasteiger partial charge in [-0.25, -0.2) is 0 Å². The van der Waals surface area contributed by atoms with Crippen LogP contribution in [0.3, 0.4) is 0 Å². The summed E-state index contributed by atoms with van der Waals surface area (Å²) in [5.74, 6) is 2.37. The number of hydrogen-bond donors (Lipinski definition) is 0. The van der Waals surface area contributed by atoms with Crippen LogP contribution in [-0.4, -0.2) is 34.0 Å². The van der Waals surface area contributed by atoms with Crippen molar-refractivity contribution < 1.29 is 9.32 Å². The molecule has 7 heteroatoms. The first kappa shape index (κ1) is 17.0. The Kier molecular flexibility index (Phi) is 4.82. The topological polar surface area (TPSA) is 59.2 Å². The third kappa shape index (κ3) is 3.90. The van der Waals surface area contributed by atoms with Crippen LogP contribution >= 0.6 is 27.5 Å². The highest BCUT2D eigenvalue weighted by atomic mass is 79.9. The first-order valence-corrected chi connectivity index (χ1v) is 9.84. The van der Waals surface area contributed by atoms with Crippen molar-refractivity contribution in [3.63, 3.8) is 0 Å². The van der Waals surface area contributed by atoms with Crippen LogP contribution in [0.1, 0.15) is 53.7 Å². The molecule has 2 aliphatic rings. The first-order chi connectivity index (χ1) is 12.1. The number of nitrogens with zero attached hydrogens (tertiary/aromatic N) is 3. The van der Waals surface area contributed by atoms with Gasteiger partial charge in [0.25, 0.3) is 5.91 Å². The van der Waals surface area contributed by atoms with Crippen molar-refractivity contribution in [1.29, 1.82) is 0 Å². The Balaban J connectivity index is 1.42. The average molecular weight is 425 g/mol. The summed E-state index contributed by atoms with van der Waals surface area (Å²) in [5, 5.41) is 4.56. The van der Waals surface area contributed by atoms with Gasteiger partial charge < -0.3 is 9.42 Å². The van der Waals surface area contributed by atoms with Crippen LogP contribution in [0.2, 0.25) is 5.02 Å². The molecule has 0 bridgehead atoms. The molecule has 1 saturated carbocycles. The molecule has 2 fully saturated rings. The van der Waals surface area contributed by atoms with E-state index < -0.39 is 0 Å². The monoisotopic (exact) mass is 423 g/mol. The maximum atomic E-state index is 12.8. The molecule has 5 nitrogen and oxygen atoms in total. The fraction of sp³-hybridized carbons (Fsp3) is 0.500. The lowest BCUT2D eigenvalue weighted by atomic mass is 9.94. The van der Waals surface area contributed by atoms with E-state index in [4.69, 9.17) is 16.1 Å². The van der Waals surface area contributed by atoms with Gasteiger partial charge in [-0.05, 0) is 49.8 Å². The standard InChI is InChI=1S/C18H19BrClN3O2/c19-13-5-6-15(20)14(9-13)18(24)23-7-1-2-11(10-23)8-16-21-17(22-25-16)12-3-4-12/h5-6,9,11-12H,1-4,7-8,10H2. The van der Waals surface area contributed by atoms with E-state index >= 15 is 0 Å². The lowest BCUT2D eigenvalue weighted by Crippen LogP contribution is -2.40. The maximum Gasteiger partial charge on any atom is 0.255 e. The Labute approximate surface area is 159 Å². The Morgan fingerprint density at radius 2 is 2.20 bits per heavy atom. The van der Waals surface area contributed by atoms with Gasteiger partial charge in [0.15, 0.2) is 5.82 Å². The Morgan fingerprint density at radius 1 is 1.36 bits per heavy atom. The number of likely N-dealkylation sites (tertiary alicyclic amines) is 1. The van der Waals surface area contributed by atoms with Gasteiger partial charge in [-0.1, -0.05) is 32.7 Å². The Hall–Kier alpha value is -1.40. The number of aromatic nitrogens is 2. The van der Waals surface area contributed by atoms with Gasteiger partial charge in [0.05, 0.1) is 10.6 Å². The lowest BCUT2D eigenvalue weighted by Gasteiger charge is -2.32. The number of rotatable bonds is 4. The SMILES string of the molecule is O=C(c1cc(Br)ccc1Cl)N1CCCC(Cc2nc(C3CC3)no2)C1. The summed E-state index contributed by atoms with van der Waals surface area (Å²) in [7, 11) is 0. The third-order valence-electron chi connectivity index (χ3n) is 4.85. The first-order valence-electron chi connectivity index (χ1n) is 8.67. The van der Waals surface area contributed by atoms with Crippen molar-refractivity contribution in [2.45, 2.75) is 38.0 Å². The van der Waals surface area contributed by atoms with Crippen LogP contribution in [0.15, 0.2) is 27.2 Å². The lowest BCUT2D eigenvalue weighted by molar-refractivity contribution is 0.0668. The molecule has 1 atom stereocenters. The van der Waals surface area contributed by atoms with E-state index in [1.54, 1.807) is 12.1 Å². The van der Waals surface area contributed by atoms with E-state index in [1.165, 1.54) is 0 Å². The van der Waals surface area contributed by atoms with Crippen LogP contribution in [0, 0.1) is 5.92 Å². The van der Waals surface area contributed by atoms with Crippen molar-refractivity contribution in [3.05, 3.63) is 45.0 Å². The van der Waals surface area contributed by atoms with Crippen LogP contribution < -0.4 is 0 Å². The number of carbonyl (C=O) groups excluding carboxylic acids is 1. The molecular formula is C18H19BrClN3O2. The van der Waals surface area contributed by atoms with Gasteiger partial charge in [0.1, 0.15) is 0 Å². The minimum Gasteiger partial charge on any atom is -0.339 e. The average Bonchev–Trinajstić information content (AvgIpc) is 3.37. The second-order valence-corrected chi connectivity index (χ2v) is 8.23. The molecule has 0 N–H and O–H groups in total. The van der Waals surface area contributed by atoms with Gasteiger partial charge in [-0.3, -0.25) is 4.79 Å². The van der Waals surface area contributed by atoms with Crippen molar-refractivity contribution >= 4 is 33.4 Å². The van der Waals surface area contributed by atoms with Crippen LogP contribution in [-0.2, 0) is 6.42 Å². The zero-order valence-corrected chi connectivity index (χ0v) is 16.1. The second-order valence-electron chi connectivity index (χ2n) is 6.91. The summed E-state index contributed by atoms with van der Waals surface area (Å²) >= 11 is 9.62. The van der Waals surface area contributed by atoms with E-state index in [1.807, 2.05) is 11.0 Å². The molecule has 0 radical (unpaired) electrons. The van der Waals surface area contributed by atoms with E-state index in [0.717, 1.165) is 48.9 Å². The van der Waals surface area contributed by atoms with Gasteiger partial charge in [0.2, 0.25) is 5.89 Å². The molecule has 1 saturated heterocycles. The summed E-state index contributed by atoms with van der Waals surface area (Å²) in [6.45, 7) is 1.46. The largest absolute Gasteiger partial charge is 0.339 e. The minimum atomic E-state index is -0.0137. The molecule has 4 rings (SSSR count). The van der Waals surface area contributed by atoms with E-state index in [-0.39, 0.29) is 5.91 Å². The normalized spacial score (nSPS) is 20.7. The molecule has 1 aliphatic heterocycles. The third-order valence-corrected chi connectivity index (χ3v) is 5.68. The molecule has 132 valence electrons. The quantitative estimate of drug-likeness (QED) is 0.727. The van der Waals surface area contributed by atoms with Gasteiger partial charge in [-0.2, -0.15) is 4.98 Å². The number of hydrogen-bond acceptors (Lipinski definition) is 4. The Bertz CT molecular complexity index is 790. The zero-order chi connectivity index (χ0) is 17.4. The summed E-state index contributed by atoms with van der Waals surface area (Å²) in [4.78, 5) is 19.2. The summed E-state index contributed by atoms with van der Waals surface area (Å²) in [6, 6.07) is 5.37. The molecule has 1 aliphatic carbocycles. The summed E-state index contributed by atoms with van der Waals surface area (Å²) in [5.41, 5.74) is 0.547. The molecule has 2 aromatic rings. The molecule has 1 amide bonds. The highest BCUT2D eigenvalue weighted by Gasteiger charge is 2.30. The highest BCUT2D eigenvalue weighted by Crippen LogP contribution is 2.38. The van der Waals surface area contributed by atoms with Gasteiger partial charge in [-0.15, -0.1) is 0 Å². The summed E-state index contributed by atoms with van der Waals surface area (Å²) < 4.78 is 6.25. The Morgan fingerprint density at radius 3 is 3.00 bits per heavy atom. The van der Waals surface area contributed by atoms with Crippen molar-refractivity contribution in [2.24, 2.45) is 5.92 Å². The van der Waals surface area contributed by atoms with Crippen molar-refractivity contribution in [1.82, 2.24) is 15.0 Å². The van der Waals surface area contributed by atoms with E-state index in [0.29, 0.717) is 34.9 Å². The number of piperidine rings is 1. The molecule has 2 heterocycles. The fourth-order valence-corrected chi connectivity index (χ4v) is 3.91. The molecule has 0 spiro atoms. The predicted octanol–water partition coefficient (Wildman–Crippen LogP) is 4.46. The number of benzene rings is 1. The van der Waals surface area contributed by atoms with E-state index in [9.17, 15) is 4.79 Å².